The van der Waals surface area contributed by atoms with Gasteiger partial charge in [-0.2, -0.15) is 0 Å². The standard InChI is InChI=1S/C21H37NO3/c1-2-3-4-5-6-7-8-9-10-11-12-13-14-15-16-17-20-22-19(18-25-20)21(23)24/h9-10,19H,2-8,11-18H2,1H3,(H,23,24)/b10-9-/t19-/m0/s1. The van der Waals surface area contributed by atoms with Crippen molar-refractivity contribution in [2.24, 2.45) is 4.99 Å². The van der Waals surface area contributed by atoms with E-state index in [1.165, 1.54) is 77.0 Å². The van der Waals surface area contributed by atoms with Gasteiger partial charge in [-0.05, 0) is 32.1 Å². The lowest BCUT2D eigenvalue weighted by Crippen LogP contribution is -2.18. The molecule has 1 rings (SSSR count). The van der Waals surface area contributed by atoms with E-state index in [-0.39, 0.29) is 6.61 Å². The largest absolute Gasteiger partial charge is 0.480 e. The summed E-state index contributed by atoms with van der Waals surface area (Å²) < 4.78 is 5.31. The third-order valence-corrected chi connectivity index (χ3v) is 4.65. The van der Waals surface area contributed by atoms with Gasteiger partial charge in [-0.15, -0.1) is 0 Å². The Morgan fingerprint density at radius 1 is 1.00 bits per heavy atom. The first kappa shape index (κ1) is 21.7. The van der Waals surface area contributed by atoms with Crippen LogP contribution in [0.1, 0.15) is 96.8 Å². The van der Waals surface area contributed by atoms with Gasteiger partial charge in [-0.1, -0.05) is 70.4 Å². The molecule has 1 N–H and O–H groups in total. The van der Waals surface area contributed by atoms with Crippen LogP contribution in [0.5, 0.6) is 0 Å². The van der Waals surface area contributed by atoms with Gasteiger partial charge in [0.1, 0.15) is 6.61 Å². The summed E-state index contributed by atoms with van der Waals surface area (Å²) in [5.74, 6) is -0.260. The van der Waals surface area contributed by atoms with Crippen LogP contribution in [0.2, 0.25) is 0 Å². The lowest BCUT2D eigenvalue weighted by Gasteiger charge is -2.01. The number of unbranched alkanes of at least 4 members (excludes halogenated alkanes) is 11. The van der Waals surface area contributed by atoms with Gasteiger partial charge < -0.3 is 9.84 Å². The minimum absolute atomic E-state index is 0.204. The van der Waals surface area contributed by atoms with Gasteiger partial charge in [0.25, 0.3) is 0 Å². The maximum absolute atomic E-state index is 10.8. The number of aliphatic imine (C=N–C) groups is 1. The van der Waals surface area contributed by atoms with Gasteiger partial charge in [-0.3, -0.25) is 0 Å². The first-order valence-corrected chi connectivity index (χ1v) is 10.3. The Bertz CT molecular complexity index is 404. The van der Waals surface area contributed by atoms with Gasteiger partial charge in [0.2, 0.25) is 0 Å². The number of carboxylic acids is 1. The number of ether oxygens (including phenoxy) is 1. The molecule has 0 aromatic carbocycles. The predicted molar refractivity (Wildman–Crippen MR) is 104 cm³/mol. The molecule has 1 heterocycles. The van der Waals surface area contributed by atoms with E-state index in [0.717, 1.165) is 12.8 Å². The second-order valence-corrected chi connectivity index (χ2v) is 7.02. The molecule has 0 aromatic rings. The predicted octanol–water partition coefficient (Wildman–Crippen LogP) is 5.91. The van der Waals surface area contributed by atoms with Crippen molar-refractivity contribution in [1.29, 1.82) is 0 Å². The number of rotatable bonds is 16. The summed E-state index contributed by atoms with van der Waals surface area (Å²) in [6, 6.07) is -0.682. The van der Waals surface area contributed by atoms with Crippen molar-refractivity contribution in [3.63, 3.8) is 0 Å². The fourth-order valence-corrected chi connectivity index (χ4v) is 3.03. The molecule has 0 aliphatic carbocycles. The number of nitrogens with zero attached hydrogens (tertiary/aromatic N) is 1. The van der Waals surface area contributed by atoms with Gasteiger partial charge >= 0.3 is 5.97 Å². The van der Waals surface area contributed by atoms with Crippen molar-refractivity contribution in [2.75, 3.05) is 6.61 Å². The first-order chi connectivity index (χ1) is 12.2. The third-order valence-electron chi connectivity index (χ3n) is 4.65. The molecule has 0 amide bonds. The number of carboxylic acid groups (broad SMARTS) is 1. The highest BCUT2D eigenvalue weighted by atomic mass is 16.5. The molecule has 1 atom stereocenters. The Morgan fingerprint density at radius 3 is 2.12 bits per heavy atom. The van der Waals surface area contributed by atoms with Crippen LogP contribution < -0.4 is 0 Å². The molecule has 0 saturated heterocycles. The molecular formula is C21H37NO3. The van der Waals surface area contributed by atoms with E-state index < -0.39 is 12.0 Å². The van der Waals surface area contributed by atoms with Crippen molar-refractivity contribution >= 4 is 11.9 Å². The van der Waals surface area contributed by atoms with Crippen molar-refractivity contribution in [3.05, 3.63) is 12.2 Å². The molecule has 144 valence electrons. The van der Waals surface area contributed by atoms with E-state index in [2.05, 4.69) is 24.1 Å². The average molecular weight is 352 g/mol. The molecule has 0 bridgehead atoms. The van der Waals surface area contributed by atoms with E-state index in [1.807, 2.05) is 0 Å². The molecule has 0 unspecified atom stereocenters. The number of carbonyl (C=O) groups is 1. The first-order valence-electron chi connectivity index (χ1n) is 10.3. The second kappa shape index (κ2) is 15.0. The van der Waals surface area contributed by atoms with Crippen LogP contribution in [0.4, 0.5) is 0 Å². The summed E-state index contributed by atoms with van der Waals surface area (Å²) in [7, 11) is 0. The highest BCUT2D eigenvalue weighted by Gasteiger charge is 2.24. The topological polar surface area (TPSA) is 58.9 Å². The Morgan fingerprint density at radius 2 is 1.56 bits per heavy atom. The summed E-state index contributed by atoms with van der Waals surface area (Å²) in [5.41, 5.74) is 0. The molecule has 0 radical (unpaired) electrons. The zero-order valence-electron chi connectivity index (χ0n) is 16.0. The molecule has 0 spiro atoms. The molecule has 4 heteroatoms. The second-order valence-electron chi connectivity index (χ2n) is 7.02. The van der Waals surface area contributed by atoms with Crippen molar-refractivity contribution in [3.8, 4) is 0 Å². The lowest BCUT2D eigenvalue weighted by atomic mass is 10.1. The molecule has 25 heavy (non-hydrogen) atoms. The van der Waals surface area contributed by atoms with Gasteiger partial charge in [0, 0.05) is 6.42 Å². The monoisotopic (exact) mass is 351 g/mol. The van der Waals surface area contributed by atoms with Crippen LogP contribution in [0.25, 0.3) is 0 Å². The SMILES string of the molecule is CCCCCCCC/C=C\CCCCCCCC1=N[C@H](C(=O)O)CO1. The molecule has 0 aromatic heterocycles. The van der Waals surface area contributed by atoms with Gasteiger partial charge in [-0.25, -0.2) is 9.79 Å². The van der Waals surface area contributed by atoms with Gasteiger partial charge in [0.05, 0.1) is 0 Å². The normalized spacial score (nSPS) is 17.0. The summed E-state index contributed by atoms with van der Waals surface area (Å²) in [4.78, 5) is 14.8. The summed E-state index contributed by atoms with van der Waals surface area (Å²) in [5, 5.41) is 8.84. The van der Waals surface area contributed by atoms with Crippen LogP contribution >= 0.6 is 0 Å². The van der Waals surface area contributed by atoms with E-state index in [4.69, 9.17) is 9.84 Å². The third kappa shape index (κ3) is 11.8. The van der Waals surface area contributed by atoms with Crippen LogP contribution in [-0.4, -0.2) is 29.6 Å². The van der Waals surface area contributed by atoms with E-state index in [1.54, 1.807) is 0 Å². The highest BCUT2D eigenvalue weighted by molar-refractivity contribution is 5.84. The lowest BCUT2D eigenvalue weighted by molar-refractivity contribution is -0.138. The maximum atomic E-state index is 10.8. The van der Waals surface area contributed by atoms with Crippen LogP contribution in [-0.2, 0) is 9.53 Å². The molecule has 0 fully saturated rings. The number of hydrogen-bond acceptors (Lipinski definition) is 3. The van der Waals surface area contributed by atoms with Crippen molar-refractivity contribution in [1.82, 2.24) is 0 Å². The number of aliphatic carboxylic acids is 1. The summed E-state index contributed by atoms with van der Waals surface area (Å²) in [6.45, 7) is 2.47. The van der Waals surface area contributed by atoms with E-state index in [9.17, 15) is 4.79 Å². The fourth-order valence-electron chi connectivity index (χ4n) is 3.03. The maximum Gasteiger partial charge on any atom is 0.332 e. The summed E-state index contributed by atoms with van der Waals surface area (Å²) >= 11 is 0. The number of hydrogen-bond donors (Lipinski definition) is 1. The highest BCUT2D eigenvalue weighted by Crippen LogP contribution is 2.13. The average Bonchev–Trinajstić information content (AvgIpc) is 3.07. The Labute approximate surface area is 153 Å². The van der Waals surface area contributed by atoms with E-state index >= 15 is 0 Å². The minimum Gasteiger partial charge on any atom is -0.480 e. The molecule has 1 aliphatic heterocycles. The Hall–Kier alpha value is -1.32. The van der Waals surface area contributed by atoms with E-state index in [0.29, 0.717) is 5.90 Å². The quantitative estimate of drug-likeness (QED) is 0.278. The number of allylic oxidation sites excluding steroid dienone is 2. The molecule has 1 aliphatic rings. The fraction of sp³-hybridized carbons (Fsp3) is 0.810. The van der Waals surface area contributed by atoms with Crippen LogP contribution in [0.3, 0.4) is 0 Å². The zero-order valence-corrected chi connectivity index (χ0v) is 16.0. The van der Waals surface area contributed by atoms with Crippen LogP contribution in [0.15, 0.2) is 17.1 Å². The minimum atomic E-state index is -0.889. The zero-order chi connectivity index (χ0) is 18.2. The smallest absolute Gasteiger partial charge is 0.332 e. The van der Waals surface area contributed by atoms with Crippen LogP contribution in [0, 0.1) is 0 Å². The summed E-state index contributed by atoms with van der Waals surface area (Å²) in [6.07, 6.45) is 22.2. The Kier molecular flexibility index (Phi) is 13.0. The van der Waals surface area contributed by atoms with Crippen molar-refractivity contribution < 1.29 is 14.6 Å². The van der Waals surface area contributed by atoms with Gasteiger partial charge in [0.15, 0.2) is 11.9 Å². The Balaban J connectivity index is 1.82. The molecule has 0 saturated carbocycles. The molecule has 4 nitrogen and oxygen atoms in total. The van der Waals surface area contributed by atoms with Crippen molar-refractivity contribution in [2.45, 2.75) is 103 Å². The molecular weight excluding hydrogens is 314 g/mol.